The summed E-state index contributed by atoms with van der Waals surface area (Å²) in [6.07, 6.45) is 87.9. The smallest absolute Gasteiger partial charge is 0.306 e. The SMILES string of the molecule is CCCCCCCCCC/C=C\CCCCCCCCCCCCCCCCCCCCCCCCCC(=O)OC(CO)COC(=O)CCCCCCCCCCCCCCCCC/C=C\CCCCCCCCCC. The summed E-state index contributed by atoms with van der Waals surface area (Å²) in [4.78, 5) is 24.6. The predicted octanol–water partition coefficient (Wildman–Crippen LogP) is 24.0. The molecule has 0 aromatic carbocycles. The molecule has 76 heavy (non-hydrogen) atoms. The zero-order valence-corrected chi connectivity index (χ0v) is 51.8. The highest BCUT2D eigenvalue weighted by Gasteiger charge is 2.16. The summed E-state index contributed by atoms with van der Waals surface area (Å²) < 4.78 is 10.8. The fraction of sp³-hybridized carbons (Fsp3) is 0.915. The van der Waals surface area contributed by atoms with Crippen LogP contribution in [0, 0.1) is 0 Å². The molecule has 0 aliphatic rings. The van der Waals surface area contributed by atoms with Crippen molar-refractivity contribution >= 4 is 11.9 Å². The molecule has 1 N–H and O–H groups in total. The van der Waals surface area contributed by atoms with Gasteiger partial charge in [-0.3, -0.25) is 9.59 Å². The van der Waals surface area contributed by atoms with Gasteiger partial charge < -0.3 is 14.6 Å². The molecule has 0 aliphatic carbocycles. The van der Waals surface area contributed by atoms with Crippen LogP contribution in [0.25, 0.3) is 0 Å². The third-order valence-corrected chi connectivity index (χ3v) is 16.2. The van der Waals surface area contributed by atoms with Crippen LogP contribution in [-0.4, -0.2) is 36.4 Å². The zero-order valence-electron chi connectivity index (χ0n) is 51.8. The van der Waals surface area contributed by atoms with E-state index in [1.54, 1.807) is 0 Å². The number of esters is 2. The summed E-state index contributed by atoms with van der Waals surface area (Å²) in [7, 11) is 0. The molecule has 0 saturated carbocycles. The number of allylic oxidation sites excluding steroid dienone is 4. The standard InChI is InChI=1S/C71H136O5/c1-3-5-7-9-11-13-15-17-19-21-23-25-27-29-31-32-33-34-35-36-37-38-40-42-44-46-48-50-52-54-56-58-60-62-64-66-71(74)76-69(67-72)68-75-70(73)65-63-61-59-57-55-53-51-49-47-45-43-41-39-30-28-26-24-22-20-18-16-14-12-10-8-6-4-2/h21-24,69,72H,3-20,25-68H2,1-2H3/b23-21-,24-22-. The Morgan fingerprint density at radius 2 is 0.487 bits per heavy atom. The summed E-state index contributed by atoms with van der Waals surface area (Å²) in [5.74, 6) is -0.564. The van der Waals surface area contributed by atoms with E-state index in [0.717, 1.165) is 38.5 Å². The minimum absolute atomic E-state index is 0.0585. The zero-order chi connectivity index (χ0) is 54.8. The first kappa shape index (κ1) is 74.4. The second-order valence-corrected chi connectivity index (χ2v) is 24.0. The van der Waals surface area contributed by atoms with E-state index in [0.29, 0.717) is 12.8 Å². The van der Waals surface area contributed by atoms with Gasteiger partial charge in [0.2, 0.25) is 0 Å². The summed E-state index contributed by atoms with van der Waals surface area (Å²) in [5, 5.41) is 9.70. The van der Waals surface area contributed by atoms with Crippen LogP contribution in [0.3, 0.4) is 0 Å². The van der Waals surface area contributed by atoms with E-state index in [1.165, 1.54) is 334 Å². The Balaban J connectivity index is 3.37. The molecular weight excluding hydrogens is 933 g/mol. The van der Waals surface area contributed by atoms with Gasteiger partial charge in [-0.2, -0.15) is 0 Å². The molecular formula is C71H136O5. The normalized spacial score (nSPS) is 12.2. The Labute approximate surface area is 476 Å². The highest BCUT2D eigenvalue weighted by molar-refractivity contribution is 5.70. The van der Waals surface area contributed by atoms with E-state index < -0.39 is 6.10 Å². The van der Waals surface area contributed by atoms with Crippen molar-refractivity contribution in [2.75, 3.05) is 13.2 Å². The van der Waals surface area contributed by atoms with Gasteiger partial charge >= 0.3 is 11.9 Å². The van der Waals surface area contributed by atoms with E-state index in [9.17, 15) is 14.7 Å². The Bertz CT molecular complexity index is 1160. The van der Waals surface area contributed by atoms with Crippen molar-refractivity contribution in [2.45, 2.75) is 405 Å². The van der Waals surface area contributed by atoms with Gasteiger partial charge in [0.1, 0.15) is 6.61 Å². The van der Waals surface area contributed by atoms with Crippen LogP contribution in [0.4, 0.5) is 0 Å². The Morgan fingerprint density at radius 3 is 0.711 bits per heavy atom. The number of ether oxygens (including phenoxy) is 2. The van der Waals surface area contributed by atoms with E-state index >= 15 is 0 Å². The van der Waals surface area contributed by atoms with E-state index in [2.05, 4.69) is 38.2 Å². The van der Waals surface area contributed by atoms with Gasteiger partial charge in [0.25, 0.3) is 0 Å². The number of unbranched alkanes of at least 4 members (excludes halogenated alkanes) is 54. The Kier molecular flexibility index (Phi) is 66.2. The first-order valence-corrected chi connectivity index (χ1v) is 34.9. The Morgan fingerprint density at radius 1 is 0.289 bits per heavy atom. The van der Waals surface area contributed by atoms with Crippen molar-refractivity contribution in [3.8, 4) is 0 Å². The van der Waals surface area contributed by atoms with Gasteiger partial charge in [-0.05, 0) is 64.2 Å². The van der Waals surface area contributed by atoms with Gasteiger partial charge in [-0.1, -0.05) is 346 Å². The van der Waals surface area contributed by atoms with Crippen molar-refractivity contribution in [1.29, 1.82) is 0 Å². The molecule has 0 fully saturated rings. The number of hydrogen-bond donors (Lipinski definition) is 1. The minimum atomic E-state index is -0.769. The molecule has 0 rings (SSSR count). The molecule has 0 spiro atoms. The summed E-state index contributed by atoms with van der Waals surface area (Å²) in [6.45, 7) is 4.21. The van der Waals surface area contributed by atoms with Crippen LogP contribution in [0.15, 0.2) is 24.3 Å². The van der Waals surface area contributed by atoms with Gasteiger partial charge in [0.15, 0.2) is 6.10 Å². The van der Waals surface area contributed by atoms with Crippen molar-refractivity contribution < 1.29 is 24.2 Å². The molecule has 0 heterocycles. The number of hydrogen-bond acceptors (Lipinski definition) is 5. The number of carbonyl (C=O) groups is 2. The quantitative estimate of drug-likeness (QED) is 0.0373. The number of aliphatic hydroxyl groups excluding tert-OH is 1. The predicted molar refractivity (Wildman–Crippen MR) is 335 cm³/mol. The molecule has 5 nitrogen and oxygen atoms in total. The number of rotatable bonds is 66. The summed E-state index contributed by atoms with van der Waals surface area (Å²) >= 11 is 0. The van der Waals surface area contributed by atoms with Crippen LogP contribution < -0.4 is 0 Å². The first-order valence-electron chi connectivity index (χ1n) is 34.9. The van der Waals surface area contributed by atoms with Gasteiger partial charge in [-0.15, -0.1) is 0 Å². The first-order chi connectivity index (χ1) is 37.6. The average molecular weight is 1070 g/mol. The van der Waals surface area contributed by atoms with E-state index in [1.807, 2.05) is 0 Å². The van der Waals surface area contributed by atoms with Gasteiger partial charge in [-0.25, -0.2) is 0 Å². The largest absolute Gasteiger partial charge is 0.462 e. The van der Waals surface area contributed by atoms with E-state index in [-0.39, 0.29) is 25.2 Å². The highest BCUT2D eigenvalue weighted by atomic mass is 16.6. The number of aliphatic hydroxyl groups is 1. The van der Waals surface area contributed by atoms with Crippen LogP contribution in [0.5, 0.6) is 0 Å². The van der Waals surface area contributed by atoms with Crippen LogP contribution in [-0.2, 0) is 19.1 Å². The molecule has 0 radical (unpaired) electrons. The average Bonchev–Trinajstić information content (AvgIpc) is 3.42. The second kappa shape index (κ2) is 67.7. The molecule has 450 valence electrons. The molecule has 5 heteroatoms. The molecule has 0 aromatic rings. The number of carbonyl (C=O) groups excluding carboxylic acids is 2. The maximum absolute atomic E-state index is 12.4. The maximum Gasteiger partial charge on any atom is 0.306 e. The van der Waals surface area contributed by atoms with E-state index in [4.69, 9.17) is 9.47 Å². The molecule has 0 bridgehead atoms. The fourth-order valence-electron chi connectivity index (χ4n) is 11.0. The second-order valence-electron chi connectivity index (χ2n) is 24.0. The molecule has 0 aromatic heterocycles. The maximum atomic E-state index is 12.4. The minimum Gasteiger partial charge on any atom is -0.462 e. The molecule has 0 amide bonds. The highest BCUT2D eigenvalue weighted by Crippen LogP contribution is 2.19. The van der Waals surface area contributed by atoms with Crippen LogP contribution in [0.2, 0.25) is 0 Å². The lowest BCUT2D eigenvalue weighted by atomic mass is 10.0. The molecule has 0 saturated heterocycles. The van der Waals surface area contributed by atoms with Crippen molar-refractivity contribution in [3.63, 3.8) is 0 Å². The van der Waals surface area contributed by atoms with Crippen LogP contribution >= 0.6 is 0 Å². The van der Waals surface area contributed by atoms with Crippen molar-refractivity contribution in [3.05, 3.63) is 24.3 Å². The molecule has 1 unspecified atom stereocenters. The summed E-state index contributed by atoms with van der Waals surface area (Å²) in [6, 6.07) is 0. The lowest BCUT2D eigenvalue weighted by Gasteiger charge is -2.15. The van der Waals surface area contributed by atoms with Gasteiger partial charge in [0, 0.05) is 12.8 Å². The lowest BCUT2D eigenvalue weighted by Crippen LogP contribution is -2.28. The topological polar surface area (TPSA) is 72.8 Å². The van der Waals surface area contributed by atoms with Crippen molar-refractivity contribution in [1.82, 2.24) is 0 Å². The monoisotopic (exact) mass is 1070 g/mol. The third kappa shape index (κ3) is 64.9. The Hall–Kier alpha value is -1.62. The van der Waals surface area contributed by atoms with Gasteiger partial charge in [0.05, 0.1) is 6.61 Å². The molecule has 1 atom stereocenters. The molecule has 0 aliphatic heterocycles. The van der Waals surface area contributed by atoms with Crippen LogP contribution in [0.1, 0.15) is 399 Å². The summed E-state index contributed by atoms with van der Waals surface area (Å²) in [5.41, 5.74) is 0. The third-order valence-electron chi connectivity index (χ3n) is 16.2. The van der Waals surface area contributed by atoms with Crippen molar-refractivity contribution in [2.24, 2.45) is 0 Å². The lowest BCUT2D eigenvalue weighted by molar-refractivity contribution is -0.161. The fourth-order valence-corrected chi connectivity index (χ4v) is 11.0.